The average Bonchev–Trinajstić information content (AvgIpc) is 3.40. The molecule has 1 saturated heterocycles. The van der Waals surface area contributed by atoms with Crippen LogP contribution < -0.4 is 9.47 Å². The fourth-order valence-electron chi connectivity index (χ4n) is 4.57. The van der Waals surface area contributed by atoms with E-state index in [4.69, 9.17) is 14.3 Å². The Labute approximate surface area is 196 Å². The molecule has 1 fully saturated rings. The molecule has 33 heavy (non-hydrogen) atoms. The van der Waals surface area contributed by atoms with Gasteiger partial charge in [0.2, 0.25) is 0 Å². The lowest BCUT2D eigenvalue weighted by Gasteiger charge is -2.30. The third-order valence-electron chi connectivity index (χ3n) is 6.32. The molecule has 3 aliphatic rings. The van der Waals surface area contributed by atoms with Crippen LogP contribution >= 0.6 is 0 Å². The van der Waals surface area contributed by atoms with Crippen molar-refractivity contribution in [2.75, 3.05) is 20.1 Å². The van der Waals surface area contributed by atoms with Crippen LogP contribution in [-0.2, 0) is 22.2 Å². The monoisotopic (exact) mass is 465 g/mol. The molecule has 0 radical (unpaired) electrons. The Morgan fingerprint density at radius 3 is 2.64 bits per heavy atom. The van der Waals surface area contributed by atoms with E-state index in [9.17, 15) is 4.21 Å². The highest BCUT2D eigenvalue weighted by Crippen LogP contribution is 2.40. The van der Waals surface area contributed by atoms with Gasteiger partial charge in [-0.25, -0.2) is 4.21 Å². The first-order chi connectivity index (χ1) is 16.1. The number of ether oxygens (including phenoxy) is 2. The molecule has 0 saturated carbocycles. The molecule has 0 amide bonds. The molecular weight excluding hydrogens is 438 g/mol. The molecular formula is C25H27N3O4S. The van der Waals surface area contributed by atoms with Crippen LogP contribution in [0.1, 0.15) is 42.1 Å². The highest BCUT2D eigenvalue weighted by Gasteiger charge is 2.28. The van der Waals surface area contributed by atoms with Gasteiger partial charge in [-0.2, -0.15) is 0 Å². The van der Waals surface area contributed by atoms with E-state index in [-0.39, 0.29) is 18.1 Å². The van der Waals surface area contributed by atoms with E-state index in [1.807, 2.05) is 24.3 Å². The van der Waals surface area contributed by atoms with Crippen molar-refractivity contribution in [1.29, 1.82) is 0 Å². The van der Waals surface area contributed by atoms with Gasteiger partial charge >= 0.3 is 0 Å². The first-order valence-corrected chi connectivity index (χ1v) is 12.3. The number of piperidine rings is 1. The standard InChI is InChI=1S/C25H27N3O4S/c1-26-32-25-16-24(33(29)27-25)17-6-8-18(9-7-17)30-23-11-10-21-20(23)4-3-5-22(21)31-19-12-14-28(2)15-13-19/h3-9,16,19,23H,1,10-15H2,2H3. The summed E-state index contributed by atoms with van der Waals surface area (Å²) in [6.07, 6.45) is 5.89. The van der Waals surface area contributed by atoms with Crippen LogP contribution in [0, 0.1) is 0 Å². The summed E-state index contributed by atoms with van der Waals surface area (Å²) in [6.45, 7) is 5.41. The number of hydrogen-bond acceptors (Lipinski definition) is 6. The summed E-state index contributed by atoms with van der Waals surface area (Å²) in [6, 6.07) is 13.9. The molecule has 2 heterocycles. The van der Waals surface area contributed by atoms with Crippen molar-refractivity contribution in [1.82, 2.24) is 4.90 Å². The number of hydrogen-bond donors (Lipinski definition) is 0. The maximum atomic E-state index is 12.2. The summed E-state index contributed by atoms with van der Waals surface area (Å²) >= 11 is 0. The van der Waals surface area contributed by atoms with Gasteiger partial charge in [0.1, 0.15) is 23.7 Å². The van der Waals surface area contributed by atoms with Crippen molar-refractivity contribution in [3.63, 3.8) is 0 Å². The first kappa shape index (κ1) is 21.9. The normalized spacial score (nSPS) is 22.9. The van der Waals surface area contributed by atoms with Crippen LogP contribution in [0.15, 0.2) is 58.1 Å². The molecule has 172 valence electrons. The molecule has 0 N–H and O–H groups in total. The van der Waals surface area contributed by atoms with E-state index in [2.05, 4.69) is 46.4 Å². The van der Waals surface area contributed by atoms with Gasteiger partial charge in [0.25, 0.3) is 5.90 Å². The van der Waals surface area contributed by atoms with Crippen molar-refractivity contribution in [2.45, 2.75) is 37.9 Å². The third kappa shape index (κ3) is 4.72. The van der Waals surface area contributed by atoms with E-state index in [1.165, 1.54) is 11.1 Å². The maximum absolute atomic E-state index is 12.2. The van der Waals surface area contributed by atoms with Gasteiger partial charge in [0, 0.05) is 31.4 Å². The Balaban J connectivity index is 1.26. The lowest BCUT2D eigenvalue weighted by molar-refractivity contribution is 0.113. The fraction of sp³-hybridized carbons (Fsp3) is 0.360. The van der Waals surface area contributed by atoms with Gasteiger partial charge in [-0.15, -0.1) is 4.40 Å². The third-order valence-corrected chi connectivity index (χ3v) is 7.40. The molecule has 0 bridgehead atoms. The van der Waals surface area contributed by atoms with Crippen molar-refractivity contribution < 1.29 is 18.5 Å². The molecule has 0 spiro atoms. The summed E-state index contributed by atoms with van der Waals surface area (Å²) < 4.78 is 28.9. The molecule has 8 heteroatoms. The molecule has 7 nitrogen and oxygen atoms in total. The zero-order valence-electron chi connectivity index (χ0n) is 18.6. The quantitative estimate of drug-likeness (QED) is 0.471. The number of benzene rings is 2. The second-order valence-corrected chi connectivity index (χ2v) is 9.64. The minimum Gasteiger partial charge on any atom is -0.490 e. The molecule has 5 rings (SSSR count). The molecule has 2 aromatic rings. The Morgan fingerprint density at radius 2 is 1.88 bits per heavy atom. The minimum absolute atomic E-state index is 0.00582. The molecule has 2 aromatic carbocycles. The topological polar surface area (TPSA) is 72.7 Å². The zero-order chi connectivity index (χ0) is 22.8. The number of fused-ring (bicyclic) bond motifs is 1. The Bertz CT molecular complexity index is 1120. The van der Waals surface area contributed by atoms with E-state index >= 15 is 0 Å². The summed E-state index contributed by atoms with van der Waals surface area (Å²) in [7, 11) is 0.649. The largest absolute Gasteiger partial charge is 0.490 e. The van der Waals surface area contributed by atoms with Crippen LogP contribution in [0.2, 0.25) is 0 Å². The van der Waals surface area contributed by atoms with Gasteiger partial charge in [0.05, 0.1) is 4.91 Å². The minimum atomic E-state index is -1.51. The molecule has 1 aliphatic carbocycles. The molecule has 0 aromatic heterocycles. The lowest BCUT2D eigenvalue weighted by Crippen LogP contribution is -2.35. The fourth-order valence-corrected chi connectivity index (χ4v) is 5.46. The van der Waals surface area contributed by atoms with Crippen LogP contribution in [0.5, 0.6) is 11.5 Å². The van der Waals surface area contributed by atoms with Crippen LogP contribution in [0.4, 0.5) is 0 Å². The summed E-state index contributed by atoms with van der Waals surface area (Å²) in [4.78, 5) is 7.81. The van der Waals surface area contributed by atoms with Gasteiger partial charge in [0.15, 0.2) is 11.0 Å². The van der Waals surface area contributed by atoms with Crippen molar-refractivity contribution in [3.05, 3.63) is 65.2 Å². The summed E-state index contributed by atoms with van der Waals surface area (Å²) in [5.41, 5.74) is 3.27. The first-order valence-electron chi connectivity index (χ1n) is 11.2. The van der Waals surface area contributed by atoms with E-state index in [0.717, 1.165) is 55.8 Å². The second kappa shape index (κ2) is 9.49. The zero-order valence-corrected chi connectivity index (χ0v) is 19.4. The maximum Gasteiger partial charge on any atom is 0.259 e. The predicted molar refractivity (Wildman–Crippen MR) is 130 cm³/mol. The highest BCUT2D eigenvalue weighted by molar-refractivity contribution is 7.94. The van der Waals surface area contributed by atoms with Crippen LogP contribution in [-0.4, -0.2) is 48.0 Å². The Kier molecular flexibility index (Phi) is 6.28. The van der Waals surface area contributed by atoms with E-state index < -0.39 is 11.0 Å². The van der Waals surface area contributed by atoms with Gasteiger partial charge < -0.3 is 19.2 Å². The van der Waals surface area contributed by atoms with Crippen molar-refractivity contribution >= 4 is 28.5 Å². The van der Waals surface area contributed by atoms with Crippen LogP contribution in [0.3, 0.4) is 0 Å². The average molecular weight is 466 g/mol. The SMILES string of the molecule is C=NOC1=NS(=O)C(c2ccc(OC3CCc4c(OC5CCN(C)CC5)cccc43)cc2)=C1. The highest BCUT2D eigenvalue weighted by atomic mass is 32.2. The smallest absolute Gasteiger partial charge is 0.259 e. The van der Waals surface area contributed by atoms with Crippen molar-refractivity contribution in [3.8, 4) is 11.5 Å². The number of oxime groups is 1. The van der Waals surface area contributed by atoms with E-state index in [0.29, 0.717) is 4.91 Å². The number of likely N-dealkylation sites (tertiary alicyclic amines) is 1. The van der Waals surface area contributed by atoms with Crippen LogP contribution in [0.25, 0.3) is 4.91 Å². The lowest BCUT2D eigenvalue weighted by atomic mass is 10.1. The number of rotatable bonds is 6. The summed E-state index contributed by atoms with van der Waals surface area (Å²) in [5.74, 6) is 1.97. The van der Waals surface area contributed by atoms with Crippen molar-refractivity contribution in [2.24, 2.45) is 9.55 Å². The van der Waals surface area contributed by atoms with Gasteiger partial charge in [-0.3, -0.25) is 0 Å². The number of nitrogens with zero attached hydrogens (tertiary/aromatic N) is 3. The van der Waals surface area contributed by atoms with Gasteiger partial charge in [-0.05, 0) is 62.1 Å². The molecule has 2 atom stereocenters. The van der Waals surface area contributed by atoms with E-state index in [1.54, 1.807) is 6.08 Å². The van der Waals surface area contributed by atoms with Gasteiger partial charge in [-0.1, -0.05) is 29.4 Å². The Morgan fingerprint density at radius 1 is 1.09 bits per heavy atom. The molecule has 2 aliphatic heterocycles. The molecule has 2 unspecified atom stereocenters. The summed E-state index contributed by atoms with van der Waals surface area (Å²) in [5, 5.41) is 3.32. The predicted octanol–water partition coefficient (Wildman–Crippen LogP) is 4.27. The second-order valence-electron chi connectivity index (χ2n) is 8.52. The Hall–Kier alpha value is -2.97.